The second-order valence-corrected chi connectivity index (χ2v) is 10.3. The van der Waals surface area contributed by atoms with Crippen LogP contribution in [-0.2, 0) is 11.8 Å². The number of halogens is 1. The van der Waals surface area contributed by atoms with E-state index in [9.17, 15) is 23.9 Å². The van der Waals surface area contributed by atoms with Gasteiger partial charge in [-0.15, -0.1) is 0 Å². The summed E-state index contributed by atoms with van der Waals surface area (Å²) in [6, 6.07) is 2.43. The third kappa shape index (κ3) is 3.72. The number of nitrogens with zero attached hydrogens (tertiary/aromatic N) is 2. The Balaban J connectivity index is 1.34. The van der Waals surface area contributed by atoms with Gasteiger partial charge in [0.2, 0.25) is 5.95 Å². The lowest BCUT2D eigenvalue weighted by Crippen LogP contribution is -2.62. The van der Waals surface area contributed by atoms with Gasteiger partial charge in [-0.3, -0.25) is 14.4 Å². The second kappa shape index (κ2) is 8.01. The highest BCUT2D eigenvalue weighted by molar-refractivity contribution is 6.43. The van der Waals surface area contributed by atoms with Crippen molar-refractivity contribution in [2.45, 2.75) is 57.6 Å². The van der Waals surface area contributed by atoms with E-state index in [1.54, 1.807) is 25.5 Å². The topological polar surface area (TPSA) is 113 Å². The van der Waals surface area contributed by atoms with Crippen LogP contribution in [0.4, 0.5) is 10.1 Å². The Morgan fingerprint density at radius 2 is 1.82 bits per heavy atom. The fourth-order valence-corrected chi connectivity index (χ4v) is 6.82. The SMILES string of the molecule is Cc1c(C(=O)Nc2ccc(F)nc2)c(C)n(C)c1C(=O)C(=O)NC1[C@@H]2CC3C[C@H]1CC(O)(C3)C2. The lowest BCUT2D eigenvalue weighted by atomic mass is 9.52. The Hall–Kier alpha value is -3.07. The second-order valence-electron chi connectivity index (χ2n) is 10.3. The summed E-state index contributed by atoms with van der Waals surface area (Å²) in [5.41, 5.74) is 1.11. The number of rotatable bonds is 5. The smallest absolute Gasteiger partial charge is 0.294 e. The summed E-state index contributed by atoms with van der Waals surface area (Å²) in [7, 11) is 1.65. The molecule has 0 saturated heterocycles. The monoisotopic (exact) mass is 468 g/mol. The van der Waals surface area contributed by atoms with Crippen molar-refractivity contribution >= 4 is 23.3 Å². The van der Waals surface area contributed by atoms with Gasteiger partial charge in [-0.25, -0.2) is 4.98 Å². The first-order valence-corrected chi connectivity index (χ1v) is 11.7. The van der Waals surface area contributed by atoms with Crippen molar-refractivity contribution in [3.05, 3.63) is 46.8 Å². The number of carbonyl (C=O) groups excluding carboxylic acids is 3. The van der Waals surface area contributed by atoms with Crippen LogP contribution in [0.1, 0.15) is 64.2 Å². The van der Waals surface area contributed by atoms with Gasteiger partial charge in [0.25, 0.3) is 17.6 Å². The van der Waals surface area contributed by atoms with E-state index in [0.29, 0.717) is 41.3 Å². The molecular weight excluding hydrogens is 439 g/mol. The van der Waals surface area contributed by atoms with Crippen molar-refractivity contribution in [1.82, 2.24) is 14.9 Å². The van der Waals surface area contributed by atoms with Crippen LogP contribution < -0.4 is 10.6 Å². The number of carbonyl (C=O) groups is 3. The van der Waals surface area contributed by atoms with E-state index in [-0.39, 0.29) is 23.6 Å². The maximum Gasteiger partial charge on any atom is 0.294 e. The molecule has 0 radical (unpaired) electrons. The molecule has 4 saturated carbocycles. The molecule has 5 atom stereocenters. The maximum atomic E-state index is 13.2. The number of anilines is 1. The number of hydrogen-bond donors (Lipinski definition) is 3. The van der Waals surface area contributed by atoms with E-state index in [4.69, 9.17) is 0 Å². The number of amides is 2. The van der Waals surface area contributed by atoms with Gasteiger partial charge in [-0.2, -0.15) is 4.39 Å². The average Bonchev–Trinajstić information content (AvgIpc) is 2.98. The van der Waals surface area contributed by atoms with Crippen LogP contribution in [0.15, 0.2) is 18.3 Å². The molecule has 3 N–H and O–H groups in total. The summed E-state index contributed by atoms with van der Waals surface area (Å²) in [5.74, 6) is -1.60. The molecule has 9 heteroatoms. The highest BCUT2D eigenvalue weighted by Crippen LogP contribution is 2.55. The van der Waals surface area contributed by atoms with Crippen molar-refractivity contribution in [3.8, 4) is 0 Å². The summed E-state index contributed by atoms with van der Waals surface area (Å²) >= 11 is 0. The van der Waals surface area contributed by atoms with E-state index in [1.807, 2.05) is 0 Å². The van der Waals surface area contributed by atoms with Crippen LogP contribution in [0.25, 0.3) is 0 Å². The van der Waals surface area contributed by atoms with Gasteiger partial charge in [0, 0.05) is 18.8 Å². The molecule has 0 aromatic carbocycles. The number of aliphatic hydroxyl groups is 1. The summed E-state index contributed by atoms with van der Waals surface area (Å²) < 4.78 is 14.6. The lowest BCUT2D eigenvalue weighted by Gasteiger charge is -2.58. The normalized spacial score (nSPS) is 29.2. The molecule has 4 aliphatic rings. The molecule has 2 heterocycles. The summed E-state index contributed by atoms with van der Waals surface area (Å²) in [5, 5.41) is 16.4. The quantitative estimate of drug-likeness (QED) is 0.355. The molecule has 2 aromatic rings. The Bertz CT molecular complexity index is 1170. The summed E-state index contributed by atoms with van der Waals surface area (Å²) in [6.45, 7) is 3.35. The van der Waals surface area contributed by atoms with Crippen molar-refractivity contribution in [2.24, 2.45) is 24.8 Å². The van der Waals surface area contributed by atoms with Gasteiger partial charge >= 0.3 is 0 Å². The zero-order valence-electron chi connectivity index (χ0n) is 19.5. The number of hydrogen-bond acceptors (Lipinski definition) is 5. The molecule has 8 nitrogen and oxygen atoms in total. The first kappa shape index (κ1) is 22.7. The van der Waals surface area contributed by atoms with E-state index >= 15 is 0 Å². The van der Waals surface area contributed by atoms with Crippen LogP contribution >= 0.6 is 0 Å². The molecular formula is C25H29FN4O4. The Kier molecular flexibility index (Phi) is 5.35. The molecule has 2 aromatic heterocycles. The fourth-order valence-electron chi connectivity index (χ4n) is 6.82. The molecule has 34 heavy (non-hydrogen) atoms. The maximum absolute atomic E-state index is 13.2. The predicted octanol–water partition coefficient (Wildman–Crippen LogP) is 2.67. The number of nitrogens with one attached hydrogen (secondary N) is 2. The Labute approximate surface area is 196 Å². The zero-order chi connectivity index (χ0) is 24.4. The number of pyridine rings is 1. The minimum Gasteiger partial charge on any atom is -0.390 e. The number of Topliss-reactive ketones (excluding diaryl/α,β-unsaturated/α-hetero) is 1. The predicted molar refractivity (Wildman–Crippen MR) is 122 cm³/mol. The minimum atomic E-state index is -0.682. The third-order valence-electron chi connectivity index (χ3n) is 8.10. The van der Waals surface area contributed by atoms with E-state index in [2.05, 4.69) is 15.6 Å². The molecule has 2 amide bonds. The van der Waals surface area contributed by atoms with Gasteiger partial charge in [0.05, 0.1) is 28.7 Å². The standard InChI is InChI=1S/C25H29FN4O4/c1-12-19(23(32)28-17-4-5-18(26)27-11-17)13(2)30(3)21(12)22(31)24(33)29-20-15-6-14-7-16(20)10-25(34,8-14)9-15/h4-5,11,14-16,20,34H,6-10H2,1-3H3,(H,28,32)(H,29,33)/t14?,15-,16+,20?,25?. The zero-order valence-corrected chi connectivity index (χ0v) is 19.5. The van der Waals surface area contributed by atoms with Crippen molar-refractivity contribution in [2.75, 3.05) is 5.32 Å². The van der Waals surface area contributed by atoms with Crippen molar-refractivity contribution in [1.29, 1.82) is 0 Å². The first-order valence-electron chi connectivity index (χ1n) is 11.7. The first-order chi connectivity index (χ1) is 16.1. The molecule has 180 valence electrons. The van der Waals surface area contributed by atoms with Gasteiger partial charge < -0.3 is 20.3 Å². The molecule has 4 fully saturated rings. The lowest BCUT2D eigenvalue weighted by molar-refractivity contribution is -0.144. The molecule has 0 aliphatic heterocycles. The molecule has 4 aliphatic carbocycles. The van der Waals surface area contributed by atoms with Crippen LogP contribution in [0.5, 0.6) is 0 Å². The Morgan fingerprint density at radius 3 is 2.41 bits per heavy atom. The highest BCUT2D eigenvalue weighted by Gasteiger charge is 2.55. The van der Waals surface area contributed by atoms with Crippen LogP contribution in [0.3, 0.4) is 0 Å². The van der Waals surface area contributed by atoms with Gasteiger partial charge in [-0.05, 0) is 81.4 Å². The average molecular weight is 469 g/mol. The summed E-state index contributed by atoms with van der Waals surface area (Å²) in [6.07, 6.45) is 5.35. The largest absolute Gasteiger partial charge is 0.390 e. The van der Waals surface area contributed by atoms with Crippen LogP contribution in [0.2, 0.25) is 0 Å². The number of aromatic nitrogens is 2. The Morgan fingerprint density at radius 1 is 1.15 bits per heavy atom. The van der Waals surface area contributed by atoms with Gasteiger partial charge in [-0.1, -0.05) is 0 Å². The van der Waals surface area contributed by atoms with Crippen LogP contribution in [0, 0.1) is 37.5 Å². The third-order valence-corrected chi connectivity index (χ3v) is 8.10. The van der Waals surface area contributed by atoms with Crippen molar-refractivity contribution < 1.29 is 23.9 Å². The van der Waals surface area contributed by atoms with Gasteiger partial charge in [0.15, 0.2) is 0 Å². The van der Waals surface area contributed by atoms with Crippen LogP contribution in [-0.4, -0.2) is 43.9 Å². The minimum absolute atomic E-state index is 0.108. The van der Waals surface area contributed by atoms with Crippen molar-refractivity contribution in [3.63, 3.8) is 0 Å². The fraction of sp³-hybridized carbons (Fsp3) is 0.520. The number of ketones is 1. The molecule has 6 rings (SSSR count). The highest BCUT2D eigenvalue weighted by atomic mass is 19.1. The molecule has 3 unspecified atom stereocenters. The van der Waals surface area contributed by atoms with E-state index in [0.717, 1.165) is 25.3 Å². The molecule has 0 spiro atoms. The summed E-state index contributed by atoms with van der Waals surface area (Å²) in [4.78, 5) is 42.7. The van der Waals surface area contributed by atoms with E-state index in [1.165, 1.54) is 12.3 Å². The van der Waals surface area contributed by atoms with Gasteiger partial charge in [0.1, 0.15) is 0 Å². The molecule has 4 bridgehead atoms. The van der Waals surface area contributed by atoms with E-state index < -0.39 is 29.1 Å².